The molecular weight excluding hydrogens is 414 g/mol. The van der Waals surface area contributed by atoms with Crippen LogP contribution in [0.1, 0.15) is 23.9 Å². The first-order valence-corrected chi connectivity index (χ1v) is 12.0. The average Bonchev–Trinajstić information content (AvgIpc) is 3.35. The van der Waals surface area contributed by atoms with Gasteiger partial charge < -0.3 is 10.1 Å². The number of imidazole rings is 1. The minimum Gasteiger partial charge on any atom is -0.508 e. The zero-order valence-corrected chi connectivity index (χ0v) is 18.1. The minimum atomic E-state index is -3.24. The third-order valence-corrected chi connectivity index (χ3v) is 7.08. The van der Waals surface area contributed by atoms with E-state index in [2.05, 4.69) is 22.1 Å². The van der Waals surface area contributed by atoms with E-state index in [1.807, 2.05) is 24.3 Å². The molecule has 5 rings (SSSR count). The Balaban J connectivity index is 1.52. The zero-order valence-electron chi connectivity index (χ0n) is 17.3. The molecule has 8 nitrogen and oxygen atoms in total. The van der Waals surface area contributed by atoms with Crippen LogP contribution in [-0.2, 0) is 29.4 Å². The van der Waals surface area contributed by atoms with Crippen LogP contribution in [0.15, 0.2) is 36.4 Å². The molecule has 1 aliphatic heterocycles. The average molecular weight is 438 g/mol. The van der Waals surface area contributed by atoms with Gasteiger partial charge in [0, 0.05) is 18.4 Å². The second-order valence-electron chi connectivity index (χ2n) is 7.88. The van der Waals surface area contributed by atoms with Crippen molar-refractivity contribution in [2.24, 2.45) is 0 Å². The van der Waals surface area contributed by atoms with Crippen LogP contribution in [0, 0.1) is 0 Å². The van der Waals surface area contributed by atoms with E-state index in [9.17, 15) is 13.5 Å². The van der Waals surface area contributed by atoms with Crippen LogP contribution < -0.4 is 0 Å². The molecule has 3 heterocycles. The minimum absolute atomic E-state index is 0.265. The molecule has 0 fully saturated rings. The molecule has 2 aromatic heterocycles. The summed E-state index contributed by atoms with van der Waals surface area (Å²) >= 11 is 0. The van der Waals surface area contributed by atoms with Gasteiger partial charge in [0.1, 0.15) is 11.4 Å². The van der Waals surface area contributed by atoms with Crippen molar-refractivity contribution in [3.8, 4) is 28.4 Å². The maximum Gasteiger partial charge on any atom is 0.211 e. The number of H-pyrrole nitrogens is 2. The first-order chi connectivity index (χ1) is 14.8. The largest absolute Gasteiger partial charge is 0.508 e. The molecule has 3 N–H and O–H groups in total. The number of hydrogen-bond donors (Lipinski definition) is 3. The lowest BCUT2D eigenvalue weighted by Gasteiger charge is -2.23. The number of rotatable bonds is 4. The van der Waals surface area contributed by atoms with E-state index in [4.69, 9.17) is 4.98 Å². The number of phenols is 1. The van der Waals surface area contributed by atoms with Crippen LogP contribution in [0.25, 0.3) is 33.5 Å². The molecule has 0 saturated carbocycles. The molecule has 0 unspecified atom stereocenters. The number of aromatic nitrogens is 4. The van der Waals surface area contributed by atoms with E-state index in [1.165, 1.54) is 10.6 Å². The molecule has 4 aromatic rings. The Bertz CT molecular complexity index is 1400. The fourth-order valence-electron chi connectivity index (χ4n) is 4.19. The lowest BCUT2D eigenvalue weighted by Crippen LogP contribution is -2.35. The molecule has 160 valence electrons. The van der Waals surface area contributed by atoms with E-state index in [1.54, 1.807) is 12.1 Å². The van der Waals surface area contributed by atoms with Gasteiger partial charge in [-0.05, 0) is 47.4 Å². The Labute approximate surface area is 180 Å². The summed E-state index contributed by atoms with van der Waals surface area (Å²) in [5, 5.41) is 18.3. The lowest BCUT2D eigenvalue weighted by molar-refractivity contribution is 0.389. The van der Waals surface area contributed by atoms with Gasteiger partial charge in [0.05, 0.1) is 29.7 Å². The standard InChI is InChI=1S/C22H23N5O3S/c1-3-13-10-15(28)5-7-16(13)14-4-6-17-19(11-14)25-26-21(17)22-23-18-8-9-27(31(2,29)30)12-20(18)24-22/h4-7,10-11,28H,3,8-9,12H2,1-2H3,(H,23,24)(H,25,26). The molecule has 2 aromatic carbocycles. The molecule has 0 saturated heterocycles. The van der Waals surface area contributed by atoms with Gasteiger partial charge in [-0.3, -0.25) is 5.10 Å². The predicted molar refractivity (Wildman–Crippen MR) is 119 cm³/mol. The molecule has 0 spiro atoms. The second kappa shape index (κ2) is 7.21. The summed E-state index contributed by atoms with van der Waals surface area (Å²) in [7, 11) is -3.24. The molecule has 31 heavy (non-hydrogen) atoms. The number of hydrogen-bond acceptors (Lipinski definition) is 5. The zero-order chi connectivity index (χ0) is 21.8. The number of aromatic amines is 2. The summed E-state index contributed by atoms with van der Waals surface area (Å²) in [6.45, 7) is 2.80. The predicted octanol–water partition coefficient (Wildman–Crippen LogP) is 3.21. The maximum atomic E-state index is 11.9. The summed E-state index contributed by atoms with van der Waals surface area (Å²) in [6, 6.07) is 11.5. The summed E-state index contributed by atoms with van der Waals surface area (Å²) < 4.78 is 25.2. The first-order valence-electron chi connectivity index (χ1n) is 10.2. The Morgan fingerprint density at radius 3 is 2.81 bits per heavy atom. The third kappa shape index (κ3) is 3.49. The quantitative estimate of drug-likeness (QED) is 0.453. The lowest BCUT2D eigenvalue weighted by atomic mass is 9.97. The van der Waals surface area contributed by atoms with Gasteiger partial charge in [-0.2, -0.15) is 9.40 Å². The van der Waals surface area contributed by atoms with Crippen molar-refractivity contribution in [1.82, 2.24) is 24.5 Å². The van der Waals surface area contributed by atoms with Crippen LogP contribution in [-0.4, -0.2) is 50.8 Å². The number of nitrogens with zero attached hydrogens (tertiary/aromatic N) is 3. The topological polar surface area (TPSA) is 115 Å². The van der Waals surface area contributed by atoms with E-state index in [-0.39, 0.29) is 5.75 Å². The molecule has 0 atom stereocenters. The van der Waals surface area contributed by atoms with Gasteiger partial charge in [0.2, 0.25) is 10.0 Å². The van der Waals surface area contributed by atoms with Gasteiger partial charge in [-0.25, -0.2) is 13.4 Å². The van der Waals surface area contributed by atoms with Crippen molar-refractivity contribution in [1.29, 1.82) is 0 Å². The van der Waals surface area contributed by atoms with Crippen molar-refractivity contribution >= 4 is 20.9 Å². The van der Waals surface area contributed by atoms with Gasteiger partial charge in [-0.1, -0.05) is 19.1 Å². The van der Waals surface area contributed by atoms with E-state index in [0.29, 0.717) is 31.0 Å². The highest BCUT2D eigenvalue weighted by molar-refractivity contribution is 7.88. The Morgan fingerprint density at radius 2 is 2.03 bits per heavy atom. The molecule has 9 heteroatoms. The number of benzene rings is 2. The number of sulfonamides is 1. The summed E-state index contributed by atoms with van der Waals surface area (Å²) in [5.41, 5.74) is 6.50. The van der Waals surface area contributed by atoms with Crippen molar-refractivity contribution in [3.05, 3.63) is 53.3 Å². The fourth-order valence-corrected chi connectivity index (χ4v) is 4.97. The van der Waals surface area contributed by atoms with E-state index < -0.39 is 10.0 Å². The highest BCUT2D eigenvalue weighted by Crippen LogP contribution is 2.33. The normalized spacial score (nSPS) is 14.8. The smallest absolute Gasteiger partial charge is 0.211 e. The molecule has 0 amide bonds. The van der Waals surface area contributed by atoms with E-state index in [0.717, 1.165) is 45.4 Å². The van der Waals surface area contributed by atoms with Gasteiger partial charge in [-0.15, -0.1) is 0 Å². The van der Waals surface area contributed by atoms with E-state index >= 15 is 0 Å². The van der Waals surface area contributed by atoms with Crippen molar-refractivity contribution in [2.75, 3.05) is 12.8 Å². The number of aromatic hydroxyl groups is 1. The summed E-state index contributed by atoms with van der Waals surface area (Å²) in [6.07, 6.45) is 2.62. The summed E-state index contributed by atoms with van der Waals surface area (Å²) in [4.78, 5) is 7.96. The van der Waals surface area contributed by atoms with Crippen molar-refractivity contribution < 1.29 is 13.5 Å². The van der Waals surface area contributed by atoms with Crippen LogP contribution in [0.4, 0.5) is 0 Å². The first kappa shape index (κ1) is 19.8. The number of phenolic OH excluding ortho intramolecular Hbond substituents is 1. The van der Waals surface area contributed by atoms with Gasteiger partial charge in [0.25, 0.3) is 0 Å². The van der Waals surface area contributed by atoms with Crippen LogP contribution in [0.3, 0.4) is 0 Å². The maximum absolute atomic E-state index is 11.9. The van der Waals surface area contributed by atoms with Crippen LogP contribution >= 0.6 is 0 Å². The Hall–Kier alpha value is -3.17. The van der Waals surface area contributed by atoms with Gasteiger partial charge in [0.15, 0.2) is 5.82 Å². The number of nitrogens with one attached hydrogen (secondary N) is 2. The third-order valence-electron chi connectivity index (χ3n) is 5.83. The molecule has 1 aliphatic rings. The van der Waals surface area contributed by atoms with Gasteiger partial charge >= 0.3 is 0 Å². The van der Waals surface area contributed by atoms with Crippen molar-refractivity contribution in [3.63, 3.8) is 0 Å². The fraction of sp³-hybridized carbons (Fsp3) is 0.273. The number of fused-ring (bicyclic) bond motifs is 2. The summed E-state index contributed by atoms with van der Waals surface area (Å²) in [5.74, 6) is 0.903. The molecule has 0 radical (unpaired) electrons. The SMILES string of the molecule is CCc1cc(O)ccc1-c1ccc2c(-c3nc4c([nH]3)CN(S(C)(=O)=O)CC4)n[nH]c2c1. The number of aryl methyl sites for hydroxylation is 1. The molecular formula is C22H23N5O3S. The van der Waals surface area contributed by atoms with Crippen molar-refractivity contribution in [2.45, 2.75) is 26.3 Å². The molecule has 0 bridgehead atoms. The Kier molecular flexibility index (Phi) is 4.60. The highest BCUT2D eigenvalue weighted by atomic mass is 32.2. The highest BCUT2D eigenvalue weighted by Gasteiger charge is 2.26. The molecule has 0 aliphatic carbocycles. The monoisotopic (exact) mass is 437 g/mol. The Morgan fingerprint density at radius 1 is 1.19 bits per heavy atom. The second-order valence-corrected chi connectivity index (χ2v) is 9.87. The van der Waals surface area contributed by atoms with Crippen LogP contribution in [0.2, 0.25) is 0 Å². The van der Waals surface area contributed by atoms with Crippen LogP contribution in [0.5, 0.6) is 5.75 Å².